The van der Waals surface area contributed by atoms with Crippen LogP contribution in [0.15, 0.2) is 0 Å². The van der Waals surface area contributed by atoms with Crippen molar-refractivity contribution in [2.75, 3.05) is 13.1 Å². The van der Waals surface area contributed by atoms with Crippen LogP contribution < -0.4 is 33.6 Å². The van der Waals surface area contributed by atoms with E-state index in [0.29, 0.717) is 12.8 Å². The van der Waals surface area contributed by atoms with Crippen LogP contribution in [-0.4, -0.2) is 101 Å². The number of amides is 4. The molecule has 0 heterocycles. The fourth-order valence-electron chi connectivity index (χ4n) is 1.55. The molecule has 4 amide bonds. The molecule has 0 aliphatic rings. The molecule has 0 spiro atoms. The number of urea groups is 2. The van der Waals surface area contributed by atoms with Crippen LogP contribution in [0.4, 0.5) is 9.59 Å². The molecule has 0 rings (SSSR count). The molecular weight excluding hydrogens is 347 g/mol. The summed E-state index contributed by atoms with van der Waals surface area (Å²) in [7, 11) is 0. The molecular formula is C12H25KN6O5. The first-order valence-corrected chi connectivity index (χ1v) is 7.07. The molecule has 11 nitrogen and oxygen atoms in total. The SMILES string of the molecule is NC(=O)NCCC[C@H](N)C(=O)OC(=O)[C@@H](N)CCCNC(N)=O.[KH]. The number of primary amides is 2. The van der Waals surface area contributed by atoms with Crippen LogP contribution in [0.2, 0.25) is 0 Å². The molecule has 0 aliphatic heterocycles. The van der Waals surface area contributed by atoms with Crippen LogP contribution in [0, 0.1) is 0 Å². The molecule has 0 radical (unpaired) electrons. The minimum atomic E-state index is -1.00. The van der Waals surface area contributed by atoms with Crippen molar-refractivity contribution in [1.82, 2.24) is 10.6 Å². The third-order valence-electron chi connectivity index (χ3n) is 2.79. The van der Waals surface area contributed by atoms with E-state index in [0.717, 1.165) is 0 Å². The van der Waals surface area contributed by atoms with Crippen LogP contribution in [-0.2, 0) is 14.3 Å². The Morgan fingerprint density at radius 3 is 1.42 bits per heavy atom. The summed E-state index contributed by atoms with van der Waals surface area (Å²) in [4.78, 5) is 44.1. The minimum absolute atomic E-state index is 0. The van der Waals surface area contributed by atoms with Crippen molar-refractivity contribution in [1.29, 1.82) is 0 Å². The summed E-state index contributed by atoms with van der Waals surface area (Å²) < 4.78 is 4.58. The molecule has 2 atom stereocenters. The van der Waals surface area contributed by atoms with Gasteiger partial charge in [-0.25, -0.2) is 19.2 Å². The van der Waals surface area contributed by atoms with Crippen LogP contribution in [0.3, 0.4) is 0 Å². The maximum atomic E-state index is 11.6. The zero-order valence-corrected chi connectivity index (χ0v) is 12.7. The van der Waals surface area contributed by atoms with Crippen LogP contribution >= 0.6 is 0 Å². The molecule has 0 aromatic carbocycles. The van der Waals surface area contributed by atoms with Crippen molar-refractivity contribution in [3.8, 4) is 0 Å². The van der Waals surface area contributed by atoms with Gasteiger partial charge in [0.25, 0.3) is 0 Å². The summed E-state index contributed by atoms with van der Waals surface area (Å²) in [5, 5.41) is 4.68. The molecule has 0 aliphatic carbocycles. The summed E-state index contributed by atoms with van der Waals surface area (Å²) in [6, 6.07) is -3.35. The Balaban J connectivity index is 0. The molecule has 0 saturated carbocycles. The predicted molar refractivity (Wildman–Crippen MR) is 87.8 cm³/mol. The van der Waals surface area contributed by atoms with Gasteiger partial charge < -0.3 is 38.3 Å². The van der Waals surface area contributed by atoms with Gasteiger partial charge in [0.05, 0.1) is 0 Å². The third kappa shape index (κ3) is 13.7. The summed E-state index contributed by atoms with van der Waals surface area (Å²) in [5.74, 6) is -1.78. The maximum absolute atomic E-state index is 11.6. The van der Waals surface area contributed by atoms with Gasteiger partial charge in [-0.1, -0.05) is 0 Å². The molecule has 0 aromatic heterocycles. The Bertz CT molecular complexity index is 398. The van der Waals surface area contributed by atoms with E-state index in [1.165, 1.54) is 0 Å². The first kappa shape index (κ1) is 25.5. The molecule has 10 N–H and O–H groups in total. The molecule has 0 aromatic rings. The van der Waals surface area contributed by atoms with Gasteiger partial charge in [0.15, 0.2) is 0 Å². The fraction of sp³-hybridized carbons (Fsp3) is 0.667. The van der Waals surface area contributed by atoms with Gasteiger partial charge in [0, 0.05) is 13.1 Å². The van der Waals surface area contributed by atoms with E-state index < -0.39 is 36.1 Å². The normalized spacial score (nSPS) is 12.2. The van der Waals surface area contributed by atoms with E-state index in [4.69, 9.17) is 22.9 Å². The van der Waals surface area contributed by atoms with E-state index in [-0.39, 0.29) is 77.3 Å². The Labute approximate surface area is 182 Å². The number of esters is 2. The number of nitrogens with one attached hydrogen (secondary N) is 2. The Hall–Kier alpha value is -0.764. The van der Waals surface area contributed by atoms with Crippen LogP contribution in [0.25, 0.3) is 0 Å². The number of hydrogen-bond donors (Lipinski definition) is 6. The molecule has 0 saturated heterocycles. The zero-order valence-electron chi connectivity index (χ0n) is 12.7. The monoisotopic (exact) mass is 372 g/mol. The van der Waals surface area contributed by atoms with E-state index >= 15 is 0 Å². The van der Waals surface area contributed by atoms with Gasteiger partial charge in [-0.2, -0.15) is 0 Å². The van der Waals surface area contributed by atoms with Gasteiger partial charge in [0.2, 0.25) is 0 Å². The van der Waals surface area contributed by atoms with Crippen molar-refractivity contribution >= 4 is 75.4 Å². The molecule has 0 bridgehead atoms. The summed E-state index contributed by atoms with van der Waals surface area (Å²) in [5.41, 5.74) is 20.9. The van der Waals surface area contributed by atoms with E-state index in [2.05, 4.69) is 15.4 Å². The Kier molecular flexibility index (Phi) is 15.5. The third-order valence-corrected chi connectivity index (χ3v) is 2.79. The number of ether oxygens (including phenoxy) is 1. The molecule has 134 valence electrons. The molecule has 0 unspecified atom stereocenters. The van der Waals surface area contributed by atoms with Crippen molar-refractivity contribution < 1.29 is 23.9 Å². The average Bonchev–Trinajstić information content (AvgIpc) is 2.46. The molecule has 12 heteroatoms. The van der Waals surface area contributed by atoms with Crippen molar-refractivity contribution in [2.24, 2.45) is 22.9 Å². The van der Waals surface area contributed by atoms with E-state index in [1.54, 1.807) is 0 Å². The Morgan fingerprint density at radius 2 is 1.12 bits per heavy atom. The van der Waals surface area contributed by atoms with Gasteiger partial charge in [-0.3, -0.25) is 0 Å². The number of hydrogen-bond acceptors (Lipinski definition) is 7. The summed E-state index contributed by atoms with van der Waals surface area (Å²) in [6.45, 7) is 0.521. The van der Waals surface area contributed by atoms with Gasteiger partial charge in [0.1, 0.15) is 12.1 Å². The fourth-order valence-corrected chi connectivity index (χ4v) is 1.55. The Morgan fingerprint density at radius 1 is 0.792 bits per heavy atom. The van der Waals surface area contributed by atoms with Gasteiger partial charge in [-0.15, -0.1) is 0 Å². The number of rotatable bonds is 10. The number of carbonyl (C=O) groups excluding carboxylic acids is 4. The predicted octanol–water partition coefficient (Wildman–Crippen LogP) is -3.04. The first-order valence-electron chi connectivity index (χ1n) is 7.07. The van der Waals surface area contributed by atoms with Gasteiger partial charge in [-0.05, 0) is 25.7 Å². The van der Waals surface area contributed by atoms with Crippen molar-refractivity contribution in [3.63, 3.8) is 0 Å². The van der Waals surface area contributed by atoms with E-state index in [1.807, 2.05) is 0 Å². The standard InChI is InChI=1S/C12H24N6O5.K.H/c13-7(3-1-5-17-11(15)21)9(19)23-10(20)8(14)4-2-6-18-12(16)22;;/h7-8H,1-6,13-14H2,(H3,15,17,21)(H3,16,18,22);;/t7-,8-;;/m0../s1. The zero-order chi connectivity index (χ0) is 17.8. The second-order valence-electron chi connectivity index (χ2n) is 4.82. The topological polar surface area (TPSA) is 206 Å². The second kappa shape index (κ2) is 14.6. The summed E-state index contributed by atoms with van der Waals surface area (Å²) in [6.07, 6.45) is 1.23. The van der Waals surface area contributed by atoms with Crippen LogP contribution in [0.5, 0.6) is 0 Å². The molecule has 24 heavy (non-hydrogen) atoms. The van der Waals surface area contributed by atoms with E-state index in [9.17, 15) is 19.2 Å². The van der Waals surface area contributed by atoms with Gasteiger partial charge >= 0.3 is 75.4 Å². The number of carbonyl (C=O) groups is 4. The number of nitrogens with two attached hydrogens (primary N) is 4. The quantitative estimate of drug-likeness (QED) is 0.101. The van der Waals surface area contributed by atoms with Crippen molar-refractivity contribution in [3.05, 3.63) is 0 Å². The summed E-state index contributed by atoms with van der Waals surface area (Å²) >= 11 is 0. The molecule has 0 fully saturated rings. The first-order chi connectivity index (χ1) is 10.7. The van der Waals surface area contributed by atoms with Crippen molar-refractivity contribution in [2.45, 2.75) is 37.8 Å². The second-order valence-corrected chi connectivity index (χ2v) is 4.82. The van der Waals surface area contributed by atoms with Crippen LogP contribution in [0.1, 0.15) is 25.7 Å². The average molecular weight is 372 g/mol.